The topological polar surface area (TPSA) is 59.0 Å². The minimum atomic E-state index is -0.935. The van der Waals surface area contributed by atoms with E-state index in [1.807, 2.05) is 63.2 Å². The molecule has 26 heavy (non-hydrogen) atoms. The fraction of sp³-hybridized carbons (Fsp3) is 0.286. The number of hydrogen-bond donors (Lipinski definition) is 1. The molecule has 0 radical (unpaired) electrons. The summed E-state index contributed by atoms with van der Waals surface area (Å²) in [5.74, 6) is -0.110. The van der Waals surface area contributed by atoms with Gasteiger partial charge in [0.15, 0.2) is 6.79 Å². The standard InChI is InChI=1S/C21H25NO4/c1-14-8-16(9-15(2)20(14)26-13-25-5)6-7-17-10-18(21(23)24)12-19(11-17)22(3)4/h6-12H,13H2,1-5H3,(H,23,24)/b7-6+. The Bertz CT molecular complexity index is 802. The molecule has 138 valence electrons. The molecule has 0 fully saturated rings. The van der Waals surface area contributed by atoms with Gasteiger partial charge in [-0.3, -0.25) is 0 Å². The molecule has 0 heterocycles. The van der Waals surface area contributed by atoms with Gasteiger partial charge in [0, 0.05) is 26.9 Å². The van der Waals surface area contributed by atoms with Crippen LogP contribution >= 0.6 is 0 Å². The van der Waals surface area contributed by atoms with Gasteiger partial charge in [-0.05, 0) is 66.4 Å². The molecule has 2 aromatic carbocycles. The molecule has 0 aliphatic carbocycles. The number of nitrogens with zero attached hydrogens (tertiary/aromatic N) is 1. The van der Waals surface area contributed by atoms with Crippen LogP contribution in [0.25, 0.3) is 12.2 Å². The Labute approximate surface area is 154 Å². The number of carboxylic acid groups (broad SMARTS) is 1. The number of ether oxygens (including phenoxy) is 2. The highest BCUT2D eigenvalue weighted by Crippen LogP contribution is 2.26. The summed E-state index contributed by atoms with van der Waals surface area (Å²) in [6.45, 7) is 4.20. The van der Waals surface area contributed by atoms with Crippen molar-refractivity contribution in [3.8, 4) is 5.75 Å². The summed E-state index contributed by atoms with van der Waals surface area (Å²) in [5.41, 5.74) is 5.03. The van der Waals surface area contributed by atoms with E-state index in [0.29, 0.717) is 0 Å². The number of anilines is 1. The van der Waals surface area contributed by atoms with Gasteiger partial charge in [0.2, 0.25) is 0 Å². The third kappa shape index (κ3) is 4.86. The molecular weight excluding hydrogens is 330 g/mol. The summed E-state index contributed by atoms with van der Waals surface area (Å²) in [5, 5.41) is 9.31. The Kier molecular flexibility index (Phi) is 6.41. The van der Waals surface area contributed by atoms with E-state index in [2.05, 4.69) is 0 Å². The summed E-state index contributed by atoms with van der Waals surface area (Å²) in [6, 6.07) is 9.35. The van der Waals surface area contributed by atoms with Gasteiger partial charge < -0.3 is 19.5 Å². The molecule has 2 rings (SSSR count). The molecule has 0 aromatic heterocycles. The van der Waals surface area contributed by atoms with Crippen molar-refractivity contribution in [3.05, 3.63) is 58.1 Å². The van der Waals surface area contributed by atoms with Crippen molar-refractivity contribution >= 4 is 23.8 Å². The lowest BCUT2D eigenvalue weighted by Gasteiger charge is -2.14. The molecule has 0 unspecified atom stereocenters. The van der Waals surface area contributed by atoms with Crippen LogP contribution in [0.4, 0.5) is 5.69 Å². The Morgan fingerprint density at radius 3 is 2.12 bits per heavy atom. The lowest BCUT2D eigenvalue weighted by atomic mass is 10.0. The molecule has 0 aliphatic rings. The first kappa shape index (κ1) is 19.5. The molecule has 5 heteroatoms. The van der Waals surface area contributed by atoms with Crippen LogP contribution in [0.3, 0.4) is 0 Å². The van der Waals surface area contributed by atoms with Gasteiger partial charge in [-0.1, -0.05) is 12.2 Å². The van der Waals surface area contributed by atoms with Crippen molar-refractivity contribution in [3.63, 3.8) is 0 Å². The lowest BCUT2D eigenvalue weighted by Crippen LogP contribution is -2.10. The fourth-order valence-corrected chi connectivity index (χ4v) is 2.73. The minimum absolute atomic E-state index is 0.214. The Morgan fingerprint density at radius 1 is 1.04 bits per heavy atom. The SMILES string of the molecule is COCOc1c(C)cc(/C=C/c2cc(C(=O)O)cc(N(C)C)c2)cc1C. The number of hydrogen-bond acceptors (Lipinski definition) is 4. The van der Waals surface area contributed by atoms with E-state index in [4.69, 9.17) is 9.47 Å². The van der Waals surface area contributed by atoms with Gasteiger partial charge in [0.25, 0.3) is 0 Å². The molecule has 1 N–H and O–H groups in total. The van der Waals surface area contributed by atoms with Gasteiger partial charge in [-0.25, -0.2) is 4.79 Å². The molecule has 2 aromatic rings. The highest BCUT2D eigenvalue weighted by Gasteiger charge is 2.08. The molecule has 0 aliphatic heterocycles. The monoisotopic (exact) mass is 355 g/mol. The average Bonchev–Trinajstić information content (AvgIpc) is 2.59. The largest absolute Gasteiger partial charge is 0.478 e. The molecular formula is C21H25NO4. The highest BCUT2D eigenvalue weighted by atomic mass is 16.7. The second-order valence-electron chi connectivity index (χ2n) is 6.38. The van der Waals surface area contributed by atoms with Crippen LogP contribution in [0.15, 0.2) is 30.3 Å². The van der Waals surface area contributed by atoms with Crippen LogP contribution in [0, 0.1) is 13.8 Å². The zero-order valence-electron chi connectivity index (χ0n) is 15.9. The zero-order valence-corrected chi connectivity index (χ0v) is 15.9. The quantitative estimate of drug-likeness (QED) is 0.595. The highest BCUT2D eigenvalue weighted by molar-refractivity contribution is 5.90. The van der Waals surface area contributed by atoms with E-state index in [1.54, 1.807) is 19.2 Å². The first-order valence-electron chi connectivity index (χ1n) is 8.28. The van der Waals surface area contributed by atoms with Crippen molar-refractivity contribution < 1.29 is 19.4 Å². The smallest absolute Gasteiger partial charge is 0.335 e. The third-order valence-corrected chi connectivity index (χ3v) is 3.98. The van der Waals surface area contributed by atoms with Crippen molar-refractivity contribution in [1.29, 1.82) is 0 Å². The summed E-state index contributed by atoms with van der Waals surface area (Å²) in [6.07, 6.45) is 3.89. The van der Waals surface area contributed by atoms with Gasteiger partial charge in [-0.2, -0.15) is 0 Å². The fourth-order valence-electron chi connectivity index (χ4n) is 2.73. The van der Waals surface area contributed by atoms with Gasteiger partial charge in [0.05, 0.1) is 5.56 Å². The number of aromatic carboxylic acids is 1. The zero-order chi connectivity index (χ0) is 19.3. The van der Waals surface area contributed by atoms with E-state index < -0.39 is 5.97 Å². The van der Waals surface area contributed by atoms with Crippen LogP contribution < -0.4 is 9.64 Å². The first-order chi connectivity index (χ1) is 12.3. The second-order valence-corrected chi connectivity index (χ2v) is 6.38. The maximum absolute atomic E-state index is 11.3. The number of carbonyl (C=O) groups is 1. The van der Waals surface area contributed by atoms with Crippen LogP contribution in [-0.4, -0.2) is 39.1 Å². The van der Waals surface area contributed by atoms with Crippen molar-refractivity contribution in [2.45, 2.75) is 13.8 Å². The maximum Gasteiger partial charge on any atom is 0.335 e. The van der Waals surface area contributed by atoms with Gasteiger partial charge >= 0.3 is 5.97 Å². The van der Waals surface area contributed by atoms with E-state index >= 15 is 0 Å². The lowest BCUT2D eigenvalue weighted by molar-refractivity contribution is 0.0501. The number of methoxy groups -OCH3 is 1. The molecule has 5 nitrogen and oxygen atoms in total. The second kappa shape index (κ2) is 8.54. The van der Waals surface area contributed by atoms with Crippen LogP contribution in [0.1, 0.15) is 32.6 Å². The minimum Gasteiger partial charge on any atom is -0.478 e. The summed E-state index contributed by atoms with van der Waals surface area (Å²) in [4.78, 5) is 13.2. The number of rotatable bonds is 7. The van der Waals surface area contributed by atoms with Crippen molar-refractivity contribution in [2.75, 3.05) is 32.9 Å². The van der Waals surface area contributed by atoms with Crippen molar-refractivity contribution in [1.82, 2.24) is 0 Å². The Hall–Kier alpha value is -2.79. The molecule has 0 atom stereocenters. The molecule has 0 saturated heterocycles. The summed E-state index contributed by atoms with van der Waals surface area (Å²) < 4.78 is 10.6. The molecule has 0 amide bonds. The molecule has 0 saturated carbocycles. The van der Waals surface area contributed by atoms with E-state index in [-0.39, 0.29) is 12.4 Å². The van der Waals surface area contributed by atoms with E-state index in [0.717, 1.165) is 33.7 Å². The number of aryl methyl sites for hydroxylation is 2. The van der Waals surface area contributed by atoms with Gasteiger partial charge in [0.1, 0.15) is 5.75 Å². The molecule has 0 bridgehead atoms. The van der Waals surface area contributed by atoms with E-state index in [9.17, 15) is 9.90 Å². The Morgan fingerprint density at radius 2 is 1.62 bits per heavy atom. The first-order valence-corrected chi connectivity index (χ1v) is 8.28. The predicted molar refractivity (Wildman–Crippen MR) is 105 cm³/mol. The average molecular weight is 355 g/mol. The number of carboxylic acids is 1. The predicted octanol–water partition coefficient (Wildman–Crippen LogP) is 4.22. The third-order valence-electron chi connectivity index (χ3n) is 3.98. The van der Waals surface area contributed by atoms with E-state index in [1.165, 1.54) is 0 Å². The summed E-state index contributed by atoms with van der Waals surface area (Å²) in [7, 11) is 5.37. The van der Waals surface area contributed by atoms with Crippen LogP contribution in [-0.2, 0) is 4.74 Å². The van der Waals surface area contributed by atoms with Crippen LogP contribution in [0.5, 0.6) is 5.75 Å². The number of benzene rings is 2. The Balaban J connectivity index is 2.33. The maximum atomic E-state index is 11.3. The normalized spacial score (nSPS) is 11.0. The van der Waals surface area contributed by atoms with Crippen molar-refractivity contribution in [2.24, 2.45) is 0 Å². The van der Waals surface area contributed by atoms with Gasteiger partial charge in [-0.15, -0.1) is 0 Å². The summed E-state index contributed by atoms with van der Waals surface area (Å²) >= 11 is 0. The van der Waals surface area contributed by atoms with Crippen LogP contribution in [0.2, 0.25) is 0 Å². The molecule has 0 spiro atoms.